The number of hydrogen-bond acceptors (Lipinski definition) is 12. The van der Waals surface area contributed by atoms with Crippen molar-refractivity contribution in [2.75, 3.05) is 46.7 Å². The zero-order valence-corrected chi connectivity index (χ0v) is 40.0. The summed E-state index contributed by atoms with van der Waals surface area (Å²) in [4.78, 5) is 78.9. The van der Waals surface area contributed by atoms with Gasteiger partial charge < -0.3 is 30.5 Å². The van der Waals surface area contributed by atoms with Crippen molar-refractivity contribution in [2.24, 2.45) is 5.92 Å². The highest BCUT2D eigenvalue weighted by Gasteiger charge is 2.43. The monoisotopic (exact) mass is 996 g/mol. The van der Waals surface area contributed by atoms with Gasteiger partial charge in [-0.25, -0.2) is 18.0 Å². The van der Waals surface area contributed by atoms with Crippen LogP contribution in [0, 0.1) is 5.92 Å². The number of rotatable bonds is 14. The average molecular weight is 998 g/mol. The van der Waals surface area contributed by atoms with Crippen LogP contribution in [-0.4, -0.2) is 102 Å². The molecule has 5 N–H and O–H groups in total. The van der Waals surface area contributed by atoms with Gasteiger partial charge in [0.05, 0.1) is 16.3 Å². The van der Waals surface area contributed by atoms with Crippen molar-refractivity contribution in [3.63, 3.8) is 0 Å². The molecule has 0 aliphatic carbocycles. The second kappa shape index (κ2) is 18.8. The van der Waals surface area contributed by atoms with E-state index in [2.05, 4.69) is 20.9 Å². The van der Waals surface area contributed by atoms with E-state index in [1.165, 1.54) is 4.90 Å². The first-order chi connectivity index (χ1) is 32.9. The summed E-state index contributed by atoms with van der Waals surface area (Å²) in [5, 5.41) is 29.3. The van der Waals surface area contributed by atoms with E-state index in [1.54, 1.807) is 52.8 Å². The number of piperidine rings is 3. The van der Waals surface area contributed by atoms with E-state index >= 15 is 0 Å². The van der Waals surface area contributed by atoms with Gasteiger partial charge in [-0.2, -0.15) is 4.31 Å². The summed E-state index contributed by atoms with van der Waals surface area (Å²) in [6, 6.07) is 22.6. The first kappa shape index (κ1) is 47.5. The predicted molar refractivity (Wildman–Crippen MR) is 262 cm³/mol. The van der Waals surface area contributed by atoms with E-state index in [1.807, 2.05) is 44.2 Å². The molecule has 20 heteroatoms. The van der Waals surface area contributed by atoms with Gasteiger partial charge in [-0.3, -0.25) is 29.4 Å². The maximum absolute atomic E-state index is 14.1. The fourth-order valence-electron chi connectivity index (χ4n) is 10.2. The van der Waals surface area contributed by atoms with Gasteiger partial charge in [0.2, 0.25) is 27.7 Å². The van der Waals surface area contributed by atoms with Crippen molar-refractivity contribution >= 4 is 102 Å². The molecule has 9 rings (SSSR count). The normalized spacial score (nSPS) is 19.7. The number of aliphatic carboxylic acids is 1. The number of carbonyl (C=O) groups excluding carboxylic acids is 4. The number of nitrogens with zero attached hydrogens (tertiary/aromatic N) is 3. The lowest BCUT2D eigenvalue weighted by molar-refractivity contribution is -0.139. The number of carboxylic acids is 2. The van der Waals surface area contributed by atoms with Crippen LogP contribution in [0.4, 0.5) is 22.7 Å². The summed E-state index contributed by atoms with van der Waals surface area (Å²) in [7, 11) is -3.81. The molecule has 4 amide bonds. The predicted octanol–water partition coefficient (Wildman–Crippen LogP) is 7.19. The van der Waals surface area contributed by atoms with Gasteiger partial charge in [0.1, 0.15) is 11.1 Å². The number of aromatic carboxylic acids is 1. The Bertz CT molecular complexity index is 3060. The molecule has 5 aromatic rings. The molecule has 5 heterocycles. The molecule has 17 nitrogen and oxygen atoms in total. The molecule has 0 saturated carbocycles. The molecule has 0 bridgehead atoms. The fraction of sp³-hybridized carbons (Fsp3) is 0.347. The molecule has 0 spiro atoms. The number of carboxylic acid groups (broad SMARTS) is 2. The maximum atomic E-state index is 14.1. The Labute approximate surface area is 406 Å². The summed E-state index contributed by atoms with van der Waals surface area (Å²) in [5.41, 5.74) is 3.65. The highest BCUT2D eigenvalue weighted by molar-refractivity contribution is 7.88. The molecule has 2 atom stereocenters. The van der Waals surface area contributed by atoms with E-state index in [0.717, 1.165) is 27.8 Å². The number of sulfonamides is 1. The van der Waals surface area contributed by atoms with E-state index in [9.17, 15) is 42.3 Å². The van der Waals surface area contributed by atoms with Crippen molar-refractivity contribution in [3.8, 4) is 16.2 Å². The summed E-state index contributed by atoms with van der Waals surface area (Å²) in [5.74, 6) is -4.58. The van der Waals surface area contributed by atoms with Crippen LogP contribution < -0.4 is 30.5 Å². The molecule has 3 saturated heterocycles. The van der Waals surface area contributed by atoms with Gasteiger partial charge in [-0.05, 0) is 99.5 Å². The number of imide groups is 1. The Hall–Kier alpha value is -6.54. The van der Waals surface area contributed by atoms with Gasteiger partial charge in [-0.15, -0.1) is 11.3 Å². The van der Waals surface area contributed by atoms with Gasteiger partial charge in [0.15, 0.2) is 17.2 Å². The number of benzene rings is 4. The fourth-order valence-corrected chi connectivity index (χ4v) is 13.5. The molecule has 69 heavy (non-hydrogen) atoms. The van der Waals surface area contributed by atoms with Crippen LogP contribution in [0.2, 0.25) is 5.02 Å². The van der Waals surface area contributed by atoms with Crippen LogP contribution in [0.5, 0.6) is 5.75 Å². The zero-order valence-electron chi connectivity index (χ0n) is 37.6. The van der Waals surface area contributed by atoms with Gasteiger partial charge in [-0.1, -0.05) is 48.0 Å². The SMILES string of the molecule is CC1(C)C[C@@H](Nc2cccc(-c3sc(C(=O)O)c(OCC(=O)O)c3Cl)c2)CCN1S(=O)(=O)Cc1cccc(NC(=O)C2CCN(c3ccc4c5c(cccc35)C(=O)N4C3CCC(=O)NC3=O)CC2)c1. The molecule has 4 aliphatic heterocycles. The minimum atomic E-state index is -3.81. The van der Waals surface area contributed by atoms with Crippen molar-refractivity contribution < 1.29 is 52.1 Å². The van der Waals surface area contributed by atoms with Crippen LogP contribution >= 0.6 is 22.9 Å². The number of hydrogen-bond donors (Lipinski definition) is 5. The average Bonchev–Trinajstić information content (AvgIpc) is 3.78. The van der Waals surface area contributed by atoms with Gasteiger partial charge in [0.25, 0.3) is 5.91 Å². The van der Waals surface area contributed by atoms with Crippen molar-refractivity contribution in [3.05, 3.63) is 99.9 Å². The first-order valence-electron chi connectivity index (χ1n) is 22.5. The van der Waals surface area contributed by atoms with Crippen LogP contribution in [-0.2, 0) is 35.0 Å². The Balaban J connectivity index is 0.803. The van der Waals surface area contributed by atoms with Crippen molar-refractivity contribution in [1.29, 1.82) is 0 Å². The highest BCUT2D eigenvalue weighted by atomic mass is 35.5. The van der Waals surface area contributed by atoms with Crippen LogP contribution in [0.25, 0.3) is 21.2 Å². The van der Waals surface area contributed by atoms with Crippen LogP contribution in [0.15, 0.2) is 78.9 Å². The lowest BCUT2D eigenvalue weighted by atomic mass is 9.89. The number of nitrogens with one attached hydrogen (secondary N) is 3. The molecule has 3 fully saturated rings. The Morgan fingerprint density at radius 3 is 2.35 bits per heavy atom. The van der Waals surface area contributed by atoms with Crippen molar-refractivity contribution in [1.82, 2.24) is 9.62 Å². The number of amides is 4. The minimum Gasteiger partial charge on any atom is -0.479 e. The highest BCUT2D eigenvalue weighted by Crippen LogP contribution is 2.47. The number of ether oxygens (including phenoxy) is 1. The number of thiophene rings is 1. The van der Waals surface area contributed by atoms with Crippen molar-refractivity contribution in [2.45, 2.75) is 75.7 Å². The molecule has 4 aliphatic rings. The second-order valence-corrected chi connectivity index (χ2v) is 21.7. The van der Waals surface area contributed by atoms with Gasteiger partial charge >= 0.3 is 11.9 Å². The summed E-state index contributed by atoms with van der Waals surface area (Å²) >= 11 is 7.41. The molecule has 0 radical (unpaired) electrons. The maximum Gasteiger partial charge on any atom is 0.349 e. The summed E-state index contributed by atoms with van der Waals surface area (Å²) in [6.45, 7) is 4.45. The van der Waals surface area contributed by atoms with E-state index in [0.29, 0.717) is 77.4 Å². The summed E-state index contributed by atoms with van der Waals surface area (Å²) in [6.07, 6.45) is 2.52. The Kier molecular flexibility index (Phi) is 12.9. The first-order valence-corrected chi connectivity index (χ1v) is 25.3. The molecule has 1 unspecified atom stereocenters. The Morgan fingerprint density at radius 1 is 0.899 bits per heavy atom. The lowest BCUT2D eigenvalue weighted by Gasteiger charge is -2.45. The molecule has 360 valence electrons. The summed E-state index contributed by atoms with van der Waals surface area (Å²) < 4.78 is 34.9. The standard InChI is InChI=1S/C49H49ClN6O11S2/c1-49(2)24-32(51-31-9-4-7-29(23-31)43-41(50)42(67-25-39(58)59)44(68-43)48(63)64)18-21-55(49)69(65,66)26-27-6-3-8-30(22-27)52-45(60)28-16-19-54(20-17-28)35-12-13-36-40-33(35)10-5-11-34(40)47(62)56(36)37-14-15-38(57)53-46(37)61/h3-13,22-23,28,32,37,51H,14-21,24-26H2,1-2H3,(H,52,60)(H,58,59)(H,63,64)(H,53,57,61)/t32-,37?/m0/s1. The topological polar surface area (TPSA) is 232 Å². The zero-order chi connectivity index (χ0) is 48.9. The number of carbonyl (C=O) groups is 6. The molecular weight excluding hydrogens is 948 g/mol. The van der Waals surface area contributed by atoms with Gasteiger partial charge in [0, 0.05) is 77.0 Å². The van der Waals surface area contributed by atoms with E-state index in [4.69, 9.17) is 21.4 Å². The lowest BCUT2D eigenvalue weighted by Crippen LogP contribution is -2.55. The third kappa shape index (κ3) is 9.47. The number of anilines is 4. The smallest absolute Gasteiger partial charge is 0.349 e. The molecule has 4 aromatic carbocycles. The Morgan fingerprint density at radius 2 is 1.62 bits per heavy atom. The quantitative estimate of drug-likeness (QED) is 0.0695. The molecular formula is C49H49ClN6O11S2. The van der Waals surface area contributed by atoms with Crippen LogP contribution in [0.3, 0.4) is 0 Å². The third-order valence-electron chi connectivity index (χ3n) is 13.3. The second-order valence-electron chi connectivity index (χ2n) is 18.4. The third-order valence-corrected chi connectivity index (χ3v) is 17.0. The minimum absolute atomic E-state index is 0.00286. The number of halogens is 1. The van der Waals surface area contributed by atoms with E-state index in [-0.39, 0.29) is 70.5 Å². The largest absolute Gasteiger partial charge is 0.479 e. The van der Waals surface area contributed by atoms with E-state index < -0.39 is 46.1 Å². The van der Waals surface area contributed by atoms with Crippen LogP contribution in [0.1, 0.15) is 78.0 Å². The molecule has 1 aromatic heterocycles.